The molecule has 0 heterocycles. The van der Waals surface area contributed by atoms with Crippen molar-refractivity contribution in [1.29, 1.82) is 0 Å². The third kappa shape index (κ3) is 1.79. The standard InChI is InChI=1S/C20H24O/c1-3-13(2)15-5-7-17-18(11-15)20(9-8-19(17)21)12-14-4-6-16(20)10-14/h4-5,7,11,13,16H,3,6,8-10,12H2,1-2H3. The highest BCUT2D eigenvalue weighted by Crippen LogP contribution is 2.58. The van der Waals surface area contributed by atoms with Gasteiger partial charge >= 0.3 is 0 Å². The van der Waals surface area contributed by atoms with Crippen molar-refractivity contribution >= 4 is 5.78 Å². The summed E-state index contributed by atoms with van der Waals surface area (Å²) in [5.74, 6) is 1.71. The van der Waals surface area contributed by atoms with Crippen LogP contribution in [-0.2, 0) is 5.41 Å². The summed E-state index contributed by atoms with van der Waals surface area (Å²) in [6.45, 7) is 4.54. The third-order valence-electron chi connectivity index (χ3n) is 6.38. The minimum atomic E-state index is 0.288. The largest absolute Gasteiger partial charge is 0.294 e. The SMILES string of the molecule is CCC(C)c1ccc2c(c1)C1(CCC2=O)CC2=CCC1C2. The minimum Gasteiger partial charge on any atom is -0.294 e. The van der Waals surface area contributed by atoms with Crippen molar-refractivity contribution in [3.63, 3.8) is 0 Å². The maximum Gasteiger partial charge on any atom is 0.163 e. The first-order valence-corrected chi connectivity index (χ1v) is 8.49. The zero-order chi connectivity index (χ0) is 14.6. The van der Waals surface area contributed by atoms with Gasteiger partial charge in [-0.2, -0.15) is 0 Å². The molecule has 1 aromatic rings. The number of ketones is 1. The summed E-state index contributed by atoms with van der Waals surface area (Å²) in [5.41, 5.74) is 5.78. The van der Waals surface area contributed by atoms with Crippen LogP contribution in [0.4, 0.5) is 0 Å². The van der Waals surface area contributed by atoms with E-state index < -0.39 is 0 Å². The first-order chi connectivity index (χ1) is 10.1. The lowest BCUT2D eigenvalue weighted by Crippen LogP contribution is -2.37. The Kier molecular flexibility index (Phi) is 2.89. The van der Waals surface area contributed by atoms with Gasteiger partial charge in [0.1, 0.15) is 0 Å². The van der Waals surface area contributed by atoms with Crippen LogP contribution >= 0.6 is 0 Å². The predicted molar refractivity (Wildman–Crippen MR) is 85.8 cm³/mol. The fourth-order valence-electron chi connectivity index (χ4n) is 4.88. The Hall–Kier alpha value is -1.37. The van der Waals surface area contributed by atoms with Gasteiger partial charge in [0, 0.05) is 17.4 Å². The third-order valence-corrected chi connectivity index (χ3v) is 6.38. The monoisotopic (exact) mass is 280 g/mol. The van der Waals surface area contributed by atoms with Crippen LogP contribution in [0.3, 0.4) is 0 Å². The summed E-state index contributed by atoms with van der Waals surface area (Å²) in [6, 6.07) is 6.71. The first kappa shape index (κ1) is 13.3. The highest BCUT2D eigenvalue weighted by Gasteiger charge is 2.51. The van der Waals surface area contributed by atoms with Crippen molar-refractivity contribution in [3.05, 3.63) is 46.5 Å². The minimum absolute atomic E-state index is 0.288. The number of hydrogen-bond donors (Lipinski definition) is 0. The van der Waals surface area contributed by atoms with E-state index in [1.165, 1.54) is 30.4 Å². The van der Waals surface area contributed by atoms with E-state index in [0.717, 1.165) is 30.7 Å². The zero-order valence-electron chi connectivity index (χ0n) is 13.1. The molecule has 1 heteroatoms. The summed E-state index contributed by atoms with van der Waals surface area (Å²) in [5, 5.41) is 0. The van der Waals surface area contributed by atoms with Crippen LogP contribution in [0.1, 0.15) is 79.8 Å². The number of allylic oxidation sites excluding steroid dienone is 2. The normalized spacial score (nSPS) is 31.4. The Labute approximate surface area is 127 Å². The van der Waals surface area contributed by atoms with Crippen LogP contribution in [0.5, 0.6) is 0 Å². The van der Waals surface area contributed by atoms with Crippen molar-refractivity contribution in [3.8, 4) is 0 Å². The lowest BCUT2D eigenvalue weighted by Gasteiger charge is -2.41. The maximum atomic E-state index is 12.4. The molecule has 3 atom stereocenters. The second kappa shape index (κ2) is 4.56. The molecular weight excluding hydrogens is 256 g/mol. The maximum absolute atomic E-state index is 12.4. The van der Waals surface area contributed by atoms with Crippen molar-refractivity contribution in [2.45, 2.75) is 63.7 Å². The Balaban J connectivity index is 1.86. The summed E-state index contributed by atoms with van der Waals surface area (Å²) >= 11 is 0. The molecule has 0 N–H and O–H groups in total. The van der Waals surface area contributed by atoms with Gasteiger partial charge < -0.3 is 0 Å². The number of Topliss-reactive ketones (excluding diaryl/α,β-unsaturated/α-hetero) is 1. The van der Waals surface area contributed by atoms with Gasteiger partial charge in [0.2, 0.25) is 0 Å². The number of fused-ring (bicyclic) bond motifs is 5. The van der Waals surface area contributed by atoms with Crippen molar-refractivity contribution in [2.24, 2.45) is 5.92 Å². The van der Waals surface area contributed by atoms with E-state index in [-0.39, 0.29) is 5.41 Å². The average Bonchev–Trinajstić information content (AvgIpc) is 3.11. The summed E-state index contributed by atoms with van der Waals surface area (Å²) in [4.78, 5) is 12.4. The first-order valence-electron chi connectivity index (χ1n) is 8.49. The van der Waals surface area contributed by atoms with Gasteiger partial charge in [-0.25, -0.2) is 0 Å². The van der Waals surface area contributed by atoms with E-state index in [1.807, 2.05) is 0 Å². The molecule has 1 aromatic carbocycles. The molecule has 1 fully saturated rings. The molecule has 0 aromatic heterocycles. The van der Waals surface area contributed by atoms with Crippen molar-refractivity contribution < 1.29 is 4.79 Å². The molecule has 0 aliphatic heterocycles. The van der Waals surface area contributed by atoms with Gasteiger partial charge in [-0.05, 0) is 55.1 Å². The van der Waals surface area contributed by atoms with Crippen molar-refractivity contribution in [2.75, 3.05) is 0 Å². The highest BCUT2D eigenvalue weighted by atomic mass is 16.1. The van der Waals surface area contributed by atoms with Crippen LogP contribution in [0.2, 0.25) is 0 Å². The Morgan fingerprint density at radius 1 is 1.38 bits per heavy atom. The van der Waals surface area contributed by atoms with Gasteiger partial charge in [-0.3, -0.25) is 4.79 Å². The molecule has 0 radical (unpaired) electrons. The van der Waals surface area contributed by atoms with E-state index in [2.05, 4.69) is 38.1 Å². The van der Waals surface area contributed by atoms with E-state index in [9.17, 15) is 4.79 Å². The molecule has 0 amide bonds. The second-order valence-corrected chi connectivity index (χ2v) is 7.37. The van der Waals surface area contributed by atoms with Gasteiger partial charge in [-0.15, -0.1) is 0 Å². The summed E-state index contributed by atoms with van der Waals surface area (Å²) < 4.78 is 0. The molecule has 3 aliphatic rings. The molecule has 3 aliphatic carbocycles. The molecule has 21 heavy (non-hydrogen) atoms. The van der Waals surface area contributed by atoms with E-state index in [0.29, 0.717) is 11.7 Å². The molecule has 110 valence electrons. The Bertz CT molecular complexity index is 639. The number of rotatable bonds is 2. The van der Waals surface area contributed by atoms with Crippen LogP contribution in [0.25, 0.3) is 0 Å². The van der Waals surface area contributed by atoms with Crippen LogP contribution in [-0.4, -0.2) is 5.78 Å². The van der Waals surface area contributed by atoms with Gasteiger partial charge in [0.05, 0.1) is 0 Å². The fourth-order valence-corrected chi connectivity index (χ4v) is 4.88. The Morgan fingerprint density at radius 3 is 2.90 bits per heavy atom. The second-order valence-electron chi connectivity index (χ2n) is 7.37. The smallest absolute Gasteiger partial charge is 0.163 e. The zero-order valence-corrected chi connectivity index (χ0v) is 13.1. The molecule has 2 bridgehead atoms. The lowest BCUT2D eigenvalue weighted by atomic mass is 9.62. The molecule has 0 saturated heterocycles. The molecule has 1 saturated carbocycles. The average molecular weight is 280 g/mol. The van der Waals surface area contributed by atoms with E-state index in [1.54, 1.807) is 5.57 Å². The molecule has 1 nitrogen and oxygen atoms in total. The van der Waals surface area contributed by atoms with Crippen LogP contribution in [0, 0.1) is 5.92 Å². The van der Waals surface area contributed by atoms with E-state index >= 15 is 0 Å². The van der Waals surface area contributed by atoms with Crippen LogP contribution < -0.4 is 0 Å². The number of benzene rings is 1. The molecular formula is C20H24O. The molecule has 3 unspecified atom stereocenters. The van der Waals surface area contributed by atoms with Gasteiger partial charge in [-0.1, -0.05) is 43.7 Å². The lowest BCUT2D eigenvalue weighted by molar-refractivity contribution is 0.0939. The van der Waals surface area contributed by atoms with Crippen molar-refractivity contribution in [1.82, 2.24) is 0 Å². The number of carbonyl (C=O) groups excluding carboxylic acids is 1. The number of hydrogen-bond acceptors (Lipinski definition) is 1. The summed E-state index contributed by atoms with van der Waals surface area (Å²) in [7, 11) is 0. The Morgan fingerprint density at radius 2 is 2.24 bits per heavy atom. The topological polar surface area (TPSA) is 17.1 Å². The van der Waals surface area contributed by atoms with Gasteiger partial charge in [0.25, 0.3) is 0 Å². The quantitative estimate of drug-likeness (QED) is 0.684. The van der Waals surface area contributed by atoms with Gasteiger partial charge in [0.15, 0.2) is 5.78 Å². The van der Waals surface area contributed by atoms with Crippen LogP contribution in [0.15, 0.2) is 29.8 Å². The number of carbonyl (C=O) groups is 1. The molecule has 4 rings (SSSR count). The summed E-state index contributed by atoms with van der Waals surface area (Å²) in [6.07, 6.45) is 9.16. The molecule has 1 spiro atoms. The fraction of sp³-hybridized carbons (Fsp3) is 0.550. The van der Waals surface area contributed by atoms with E-state index in [4.69, 9.17) is 0 Å². The highest BCUT2D eigenvalue weighted by molar-refractivity contribution is 5.99. The predicted octanol–water partition coefficient (Wildman–Crippen LogP) is 5.15.